The highest BCUT2D eigenvalue weighted by Crippen LogP contribution is 2.33. The molecule has 0 bridgehead atoms. The number of carbonyl (C=O) groups is 1. The van der Waals surface area contributed by atoms with Crippen LogP contribution >= 0.6 is 11.3 Å². The summed E-state index contributed by atoms with van der Waals surface area (Å²) in [5, 5.41) is 4.55. The zero-order valence-electron chi connectivity index (χ0n) is 15.0. The molecule has 0 saturated carbocycles. The van der Waals surface area contributed by atoms with Crippen LogP contribution in [0.15, 0.2) is 60.1 Å². The van der Waals surface area contributed by atoms with Crippen LogP contribution in [0.4, 0.5) is 18.9 Å². The lowest BCUT2D eigenvalue weighted by Crippen LogP contribution is -2.14. The molecule has 4 aromatic rings. The van der Waals surface area contributed by atoms with Crippen molar-refractivity contribution in [3.63, 3.8) is 0 Å². The molecule has 0 aliphatic carbocycles. The van der Waals surface area contributed by atoms with Crippen LogP contribution in [0.3, 0.4) is 0 Å². The SMILES string of the molecule is COc1ccc(NC(=O)c2nc3sccn3c2-c2ccc(C(F)(F)F)cc2)cc1. The van der Waals surface area contributed by atoms with E-state index in [9.17, 15) is 18.0 Å². The summed E-state index contributed by atoms with van der Waals surface area (Å²) in [5.41, 5.74) is 0.819. The van der Waals surface area contributed by atoms with E-state index in [4.69, 9.17) is 4.74 Å². The first-order valence-electron chi connectivity index (χ1n) is 8.45. The molecule has 29 heavy (non-hydrogen) atoms. The Morgan fingerprint density at radius 1 is 1.10 bits per heavy atom. The summed E-state index contributed by atoms with van der Waals surface area (Å²) >= 11 is 1.33. The van der Waals surface area contributed by atoms with Gasteiger partial charge in [0.1, 0.15) is 5.75 Å². The number of imidazole rings is 1. The number of hydrogen-bond acceptors (Lipinski definition) is 4. The number of hydrogen-bond donors (Lipinski definition) is 1. The Balaban J connectivity index is 1.71. The molecule has 0 unspecified atom stereocenters. The Hall–Kier alpha value is -3.33. The molecule has 0 atom stereocenters. The molecule has 1 amide bonds. The van der Waals surface area contributed by atoms with Crippen molar-refractivity contribution in [2.45, 2.75) is 6.18 Å². The summed E-state index contributed by atoms with van der Waals surface area (Å²) in [6.07, 6.45) is -2.70. The van der Waals surface area contributed by atoms with E-state index in [1.165, 1.54) is 23.5 Å². The number of halogens is 3. The van der Waals surface area contributed by atoms with E-state index >= 15 is 0 Å². The first-order chi connectivity index (χ1) is 13.9. The lowest BCUT2D eigenvalue weighted by atomic mass is 10.1. The van der Waals surface area contributed by atoms with Crippen LogP contribution in [0.2, 0.25) is 0 Å². The predicted octanol–water partition coefficient (Wildman–Crippen LogP) is 5.34. The second-order valence-corrected chi connectivity index (χ2v) is 7.00. The minimum atomic E-state index is -4.43. The van der Waals surface area contributed by atoms with Gasteiger partial charge in [0, 0.05) is 22.8 Å². The minimum absolute atomic E-state index is 0.132. The largest absolute Gasteiger partial charge is 0.497 e. The van der Waals surface area contributed by atoms with Gasteiger partial charge in [0.05, 0.1) is 18.4 Å². The van der Waals surface area contributed by atoms with E-state index in [-0.39, 0.29) is 5.69 Å². The number of methoxy groups -OCH3 is 1. The summed E-state index contributed by atoms with van der Waals surface area (Å²) in [5.74, 6) is 0.192. The Morgan fingerprint density at radius 3 is 2.41 bits per heavy atom. The maximum Gasteiger partial charge on any atom is 0.416 e. The highest BCUT2D eigenvalue weighted by atomic mass is 32.1. The third-order valence-corrected chi connectivity index (χ3v) is 5.07. The lowest BCUT2D eigenvalue weighted by molar-refractivity contribution is -0.137. The fourth-order valence-corrected chi connectivity index (χ4v) is 3.62. The van der Waals surface area contributed by atoms with Gasteiger partial charge in [0.15, 0.2) is 10.7 Å². The van der Waals surface area contributed by atoms with Crippen LogP contribution in [0, 0.1) is 0 Å². The minimum Gasteiger partial charge on any atom is -0.497 e. The number of aromatic nitrogens is 2. The highest BCUT2D eigenvalue weighted by Gasteiger charge is 2.30. The van der Waals surface area contributed by atoms with Gasteiger partial charge in [-0.25, -0.2) is 4.98 Å². The molecule has 0 aliphatic heterocycles. The molecule has 2 aromatic heterocycles. The molecule has 9 heteroatoms. The van der Waals surface area contributed by atoms with Crippen molar-refractivity contribution in [1.82, 2.24) is 9.38 Å². The zero-order valence-corrected chi connectivity index (χ0v) is 15.8. The third-order valence-electron chi connectivity index (χ3n) is 4.31. The molecule has 2 aromatic carbocycles. The van der Waals surface area contributed by atoms with Gasteiger partial charge in [-0.15, -0.1) is 11.3 Å². The Bertz CT molecular complexity index is 1160. The van der Waals surface area contributed by atoms with Gasteiger partial charge in [-0.05, 0) is 36.4 Å². The van der Waals surface area contributed by atoms with Crippen molar-refractivity contribution < 1.29 is 22.7 Å². The summed E-state index contributed by atoms with van der Waals surface area (Å²) in [4.78, 5) is 17.8. The Morgan fingerprint density at radius 2 is 1.79 bits per heavy atom. The molecule has 0 fully saturated rings. The number of thiazole rings is 1. The fourth-order valence-electron chi connectivity index (χ4n) is 2.90. The average Bonchev–Trinajstić information content (AvgIpc) is 3.29. The first-order valence-corrected chi connectivity index (χ1v) is 9.33. The number of fused-ring (bicyclic) bond motifs is 1. The second-order valence-electron chi connectivity index (χ2n) is 6.12. The molecule has 0 aliphatic rings. The van der Waals surface area contributed by atoms with Crippen LogP contribution < -0.4 is 10.1 Å². The maximum atomic E-state index is 12.9. The number of carbonyl (C=O) groups excluding carboxylic acids is 1. The maximum absolute atomic E-state index is 12.9. The molecule has 4 rings (SSSR count). The molecule has 1 N–H and O–H groups in total. The zero-order chi connectivity index (χ0) is 20.6. The normalized spacial score (nSPS) is 11.6. The van der Waals surface area contributed by atoms with E-state index in [0.29, 0.717) is 27.7 Å². The Kier molecular flexibility index (Phi) is 4.75. The summed E-state index contributed by atoms with van der Waals surface area (Å²) in [6, 6.07) is 11.5. The predicted molar refractivity (Wildman–Crippen MR) is 104 cm³/mol. The van der Waals surface area contributed by atoms with Gasteiger partial charge in [-0.3, -0.25) is 9.20 Å². The van der Waals surface area contributed by atoms with Gasteiger partial charge >= 0.3 is 6.18 Å². The fraction of sp³-hybridized carbons (Fsp3) is 0.100. The van der Waals surface area contributed by atoms with Crippen LogP contribution in [0.25, 0.3) is 16.2 Å². The van der Waals surface area contributed by atoms with E-state index < -0.39 is 17.6 Å². The number of alkyl halides is 3. The van der Waals surface area contributed by atoms with Crippen molar-refractivity contribution in [3.05, 3.63) is 71.4 Å². The molecule has 5 nitrogen and oxygen atoms in total. The summed E-state index contributed by atoms with van der Waals surface area (Å²) in [6.45, 7) is 0. The number of ether oxygens (including phenoxy) is 1. The lowest BCUT2D eigenvalue weighted by Gasteiger charge is -2.09. The van der Waals surface area contributed by atoms with Gasteiger partial charge in [0.25, 0.3) is 5.91 Å². The van der Waals surface area contributed by atoms with Crippen LogP contribution in [0.1, 0.15) is 16.1 Å². The number of nitrogens with zero attached hydrogens (tertiary/aromatic N) is 2. The first kappa shape index (κ1) is 19.0. The molecular weight excluding hydrogens is 403 g/mol. The highest BCUT2D eigenvalue weighted by molar-refractivity contribution is 7.15. The van der Waals surface area contributed by atoms with E-state index in [0.717, 1.165) is 12.1 Å². The molecular formula is C20H14F3N3O2S. The van der Waals surface area contributed by atoms with Gasteiger partial charge in [-0.2, -0.15) is 13.2 Å². The van der Waals surface area contributed by atoms with Crippen molar-refractivity contribution in [3.8, 4) is 17.0 Å². The molecule has 2 heterocycles. The number of nitrogens with one attached hydrogen (secondary N) is 1. The summed E-state index contributed by atoms with van der Waals surface area (Å²) in [7, 11) is 1.54. The van der Waals surface area contributed by atoms with Crippen molar-refractivity contribution in [2.24, 2.45) is 0 Å². The molecule has 0 spiro atoms. The van der Waals surface area contributed by atoms with E-state index in [1.54, 1.807) is 47.4 Å². The average molecular weight is 417 g/mol. The van der Waals surface area contributed by atoms with Crippen molar-refractivity contribution in [2.75, 3.05) is 12.4 Å². The van der Waals surface area contributed by atoms with Gasteiger partial charge in [0.2, 0.25) is 0 Å². The van der Waals surface area contributed by atoms with E-state index in [1.807, 2.05) is 0 Å². The summed E-state index contributed by atoms with van der Waals surface area (Å²) < 4.78 is 45.4. The van der Waals surface area contributed by atoms with Gasteiger partial charge in [-0.1, -0.05) is 12.1 Å². The number of amides is 1. The smallest absolute Gasteiger partial charge is 0.416 e. The van der Waals surface area contributed by atoms with E-state index in [2.05, 4.69) is 10.3 Å². The molecule has 0 saturated heterocycles. The van der Waals surface area contributed by atoms with Crippen LogP contribution in [-0.4, -0.2) is 22.4 Å². The molecule has 0 radical (unpaired) electrons. The monoisotopic (exact) mass is 417 g/mol. The van der Waals surface area contributed by atoms with Crippen LogP contribution in [0.5, 0.6) is 5.75 Å². The van der Waals surface area contributed by atoms with Crippen LogP contribution in [-0.2, 0) is 6.18 Å². The molecule has 148 valence electrons. The number of anilines is 1. The number of rotatable bonds is 4. The Labute approximate surface area is 167 Å². The third kappa shape index (κ3) is 3.68. The number of benzene rings is 2. The van der Waals surface area contributed by atoms with Crippen molar-refractivity contribution in [1.29, 1.82) is 0 Å². The topological polar surface area (TPSA) is 55.6 Å². The van der Waals surface area contributed by atoms with Crippen molar-refractivity contribution >= 4 is 27.9 Å². The van der Waals surface area contributed by atoms with Gasteiger partial charge < -0.3 is 10.1 Å². The quantitative estimate of drug-likeness (QED) is 0.488. The second kappa shape index (κ2) is 7.25. The standard InChI is InChI=1S/C20H14F3N3O2S/c1-28-15-8-6-14(7-9-15)24-18(27)16-17(26-10-11-29-19(26)25-16)12-2-4-13(5-3-12)20(21,22)23/h2-11H,1H3,(H,24,27).